The summed E-state index contributed by atoms with van der Waals surface area (Å²) in [6.07, 6.45) is 0. The van der Waals surface area contributed by atoms with Crippen LogP contribution in [0.1, 0.15) is 68.3 Å². The van der Waals surface area contributed by atoms with Gasteiger partial charge in [-0.1, -0.05) is 0 Å². The highest BCUT2D eigenvalue weighted by atomic mass is 16.2. The molecule has 0 fully saturated rings. The van der Waals surface area contributed by atoms with Crippen molar-refractivity contribution in [2.24, 2.45) is 0 Å². The van der Waals surface area contributed by atoms with Gasteiger partial charge in [0.1, 0.15) is 11.5 Å². The van der Waals surface area contributed by atoms with Gasteiger partial charge >= 0.3 is 0 Å². The first-order valence-corrected chi connectivity index (χ1v) is 7.93. The van der Waals surface area contributed by atoms with Crippen molar-refractivity contribution in [1.82, 2.24) is 19.8 Å². The van der Waals surface area contributed by atoms with Crippen LogP contribution in [-0.2, 0) is 0 Å². The number of carbonyl (C=O) groups is 2. The van der Waals surface area contributed by atoms with Gasteiger partial charge in [-0.2, -0.15) is 0 Å². The second-order valence-corrected chi connectivity index (χ2v) is 5.92. The first-order chi connectivity index (χ1) is 10.2. The molecule has 0 aliphatic heterocycles. The summed E-state index contributed by atoms with van der Waals surface area (Å²) in [5.41, 5.74) is 0.509. The zero-order valence-electron chi connectivity index (χ0n) is 14.7. The van der Waals surface area contributed by atoms with Crippen LogP contribution in [0.5, 0.6) is 0 Å². The highest BCUT2D eigenvalue weighted by molar-refractivity contribution is 6.05. The lowest BCUT2D eigenvalue weighted by Gasteiger charge is -2.27. The third-order valence-corrected chi connectivity index (χ3v) is 3.69. The fraction of sp³-hybridized carbons (Fsp3) is 0.688. The van der Waals surface area contributed by atoms with Crippen LogP contribution in [0.25, 0.3) is 0 Å². The van der Waals surface area contributed by atoms with Crippen molar-refractivity contribution in [3.05, 3.63) is 17.2 Å². The Bertz CT molecular complexity index is 489. The molecule has 0 unspecified atom stereocenters. The molecule has 0 spiro atoms. The van der Waals surface area contributed by atoms with Crippen LogP contribution in [0.2, 0.25) is 0 Å². The van der Waals surface area contributed by atoms with Gasteiger partial charge in [-0.3, -0.25) is 9.59 Å². The lowest BCUT2D eigenvalue weighted by Crippen LogP contribution is -2.40. The standard InChI is InChI=1S/C16H28N4O2/c1-8-19(10(3)4)15(21)13-14(18-12(7)17-13)16(22)20(9-2)11(5)6/h10-11H,8-9H2,1-7H3,(H,17,18). The van der Waals surface area contributed by atoms with Crippen LogP contribution in [0, 0.1) is 6.92 Å². The van der Waals surface area contributed by atoms with Gasteiger partial charge in [0.15, 0.2) is 5.69 Å². The van der Waals surface area contributed by atoms with Crippen LogP contribution in [0.3, 0.4) is 0 Å². The Balaban J connectivity index is 3.24. The molecule has 124 valence electrons. The fourth-order valence-electron chi connectivity index (χ4n) is 2.57. The SMILES string of the molecule is CCN(C(=O)c1nc(C)[nH]c1C(=O)N(CC)C(C)C)C(C)C. The average molecular weight is 308 g/mol. The molecule has 0 saturated heterocycles. The number of aromatic amines is 1. The number of aromatic nitrogens is 2. The summed E-state index contributed by atoms with van der Waals surface area (Å²) in [6.45, 7) is 14.6. The van der Waals surface area contributed by atoms with E-state index in [2.05, 4.69) is 9.97 Å². The van der Waals surface area contributed by atoms with E-state index in [0.29, 0.717) is 18.9 Å². The zero-order chi connectivity index (χ0) is 17.0. The largest absolute Gasteiger partial charge is 0.338 e. The van der Waals surface area contributed by atoms with E-state index in [9.17, 15) is 9.59 Å². The number of rotatable bonds is 6. The van der Waals surface area contributed by atoms with Crippen LogP contribution in [0.15, 0.2) is 0 Å². The third-order valence-electron chi connectivity index (χ3n) is 3.69. The van der Waals surface area contributed by atoms with Gasteiger partial charge < -0.3 is 14.8 Å². The van der Waals surface area contributed by atoms with Crippen molar-refractivity contribution >= 4 is 11.8 Å². The van der Waals surface area contributed by atoms with Gasteiger partial charge in [-0.05, 0) is 48.5 Å². The van der Waals surface area contributed by atoms with E-state index >= 15 is 0 Å². The summed E-state index contributed by atoms with van der Waals surface area (Å²) >= 11 is 0. The lowest BCUT2D eigenvalue weighted by molar-refractivity contribution is 0.0669. The van der Waals surface area contributed by atoms with E-state index in [1.165, 1.54) is 0 Å². The maximum atomic E-state index is 12.7. The van der Waals surface area contributed by atoms with Crippen molar-refractivity contribution < 1.29 is 9.59 Å². The van der Waals surface area contributed by atoms with E-state index in [4.69, 9.17) is 0 Å². The van der Waals surface area contributed by atoms with Gasteiger partial charge in [0.2, 0.25) is 0 Å². The Labute approximate surface area is 132 Å². The van der Waals surface area contributed by atoms with Crippen molar-refractivity contribution in [3.8, 4) is 0 Å². The van der Waals surface area contributed by atoms with Crippen LogP contribution >= 0.6 is 0 Å². The summed E-state index contributed by atoms with van der Waals surface area (Å²) in [7, 11) is 0. The lowest BCUT2D eigenvalue weighted by atomic mass is 10.2. The molecule has 1 aromatic rings. The third kappa shape index (κ3) is 3.67. The molecule has 0 aromatic carbocycles. The first kappa shape index (κ1) is 18.2. The Hall–Kier alpha value is -1.85. The molecule has 1 N–H and O–H groups in total. The molecule has 6 nitrogen and oxygen atoms in total. The number of nitrogens with one attached hydrogen (secondary N) is 1. The highest BCUT2D eigenvalue weighted by Gasteiger charge is 2.29. The van der Waals surface area contributed by atoms with Crippen molar-refractivity contribution in [3.63, 3.8) is 0 Å². The zero-order valence-corrected chi connectivity index (χ0v) is 14.7. The van der Waals surface area contributed by atoms with E-state index in [1.54, 1.807) is 16.7 Å². The van der Waals surface area contributed by atoms with E-state index in [-0.39, 0.29) is 35.3 Å². The minimum atomic E-state index is -0.204. The fourth-order valence-corrected chi connectivity index (χ4v) is 2.57. The molecule has 0 aliphatic rings. The maximum absolute atomic E-state index is 12.7. The second kappa shape index (κ2) is 7.42. The van der Waals surface area contributed by atoms with Gasteiger partial charge in [0, 0.05) is 25.2 Å². The molecule has 0 atom stereocenters. The van der Waals surface area contributed by atoms with E-state index < -0.39 is 0 Å². The van der Waals surface area contributed by atoms with Gasteiger partial charge in [0.05, 0.1) is 0 Å². The Morgan fingerprint density at radius 2 is 1.45 bits per heavy atom. The van der Waals surface area contributed by atoms with Gasteiger partial charge in [0.25, 0.3) is 11.8 Å². The summed E-state index contributed by atoms with van der Waals surface area (Å²) in [6, 6.07) is 0.126. The molecule has 1 heterocycles. The topological polar surface area (TPSA) is 69.3 Å². The summed E-state index contributed by atoms with van der Waals surface area (Å²) in [5.74, 6) is 0.192. The molecule has 0 bridgehead atoms. The number of nitrogens with zero attached hydrogens (tertiary/aromatic N) is 3. The summed E-state index contributed by atoms with van der Waals surface area (Å²) in [5, 5.41) is 0. The monoisotopic (exact) mass is 308 g/mol. The number of hydrogen-bond donors (Lipinski definition) is 1. The Morgan fingerprint density at radius 3 is 1.86 bits per heavy atom. The Morgan fingerprint density at radius 1 is 1.00 bits per heavy atom. The maximum Gasteiger partial charge on any atom is 0.275 e. The quantitative estimate of drug-likeness (QED) is 0.877. The molecule has 1 aromatic heterocycles. The molecule has 0 saturated carbocycles. The average Bonchev–Trinajstić information content (AvgIpc) is 2.81. The molecule has 0 aliphatic carbocycles. The molecule has 2 amide bonds. The number of H-pyrrole nitrogens is 1. The van der Waals surface area contributed by atoms with Crippen molar-refractivity contribution in [2.45, 2.75) is 60.5 Å². The Kier molecular flexibility index (Phi) is 6.14. The molecular formula is C16H28N4O2. The number of carbonyl (C=O) groups excluding carboxylic acids is 2. The number of hydrogen-bond acceptors (Lipinski definition) is 3. The normalized spacial score (nSPS) is 11.1. The molecule has 1 rings (SSSR count). The van der Waals surface area contributed by atoms with E-state index in [1.807, 2.05) is 41.5 Å². The number of imidazole rings is 1. The molecular weight excluding hydrogens is 280 g/mol. The predicted octanol–water partition coefficient (Wildman–Crippen LogP) is 2.46. The van der Waals surface area contributed by atoms with Crippen molar-refractivity contribution in [2.75, 3.05) is 13.1 Å². The predicted molar refractivity (Wildman–Crippen MR) is 87.0 cm³/mol. The minimum Gasteiger partial charge on any atom is -0.338 e. The summed E-state index contributed by atoms with van der Waals surface area (Å²) in [4.78, 5) is 36.1. The highest BCUT2D eigenvalue weighted by Crippen LogP contribution is 2.15. The molecule has 22 heavy (non-hydrogen) atoms. The second-order valence-electron chi connectivity index (χ2n) is 5.92. The smallest absolute Gasteiger partial charge is 0.275 e. The van der Waals surface area contributed by atoms with Crippen LogP contribution in [-0.4, -0.2) is 56.8 Å². The van der Waals surface area contributed by atoms with Crippen molar-refractivity contribution in [1.29, 1.82) is 0 Å². The van der Waals surface area contributed by atoms with E-state index in [0.717, 1.165) is 0 Å². The molecule has 6 heteroatoms. The van der Waals surface area contributed by atoms with Gasteiger partial charge in [-0.15, -0.1) is 0 Å². The minimum absolute atomic E-state index is 0.0600. The first-order valence-electron chi connectivity index (χ1n) is 7.93. The number of aryl methyl sites for hydroxylation is 1. The summed E-state index contributed by atoms with van der Waals surface area (Å²) < 4.78 is 0. The molecule has 0 radical (unpaired) electrons. The number of amides is 2. The van der Waals surface area contributed by atoms with Gasteiger partial charge in [-0.25, -0.2) is 4.98 Å². The van der Waals surface area contributed by atoms with Crippen LogP contribution < -0.4 is 0 Å². The van der Waals surface area contributed by atoms with Crippen LogP contribution in [0.4, 0.5) is 0 Å².